The molecular formula is C43H48ClN9O9. The predicted octanol–water partition coefficient (Wildman–Crippen LogP) is 3.43. The molecule has 326 valence electrons. The predicted molar refractivity (Wildman–Crippen MR) is 228 cm³/mol. The molecule has 4 aliphatic heterocycles. The van der Waals surface area contributed by atoms with Gasteiger partial charge in [-0.25, -0.2) is 4.98 Å². The summed E-state index contributed by atoms with van der Waals surface area (Å²) in [5.41, 5.74) is 1.35. The van der Waals surface area contributed by atoms with Crippen LogP contribution in [0.1, 0.15) is 72.7 Å². The number of carbonyl (C=O) groups excluding carboxylic acids is 5. The van der Waals surface area contributed by atoms with E-state index in [2.05, 4.69) is 30.7 Å². The first-order valence-electron chi connectivity index (χ1n) is 20.7. The van der Waals surface area contributed by atoms with Gasteiger partial charge in [-0.2, -0.15) is 4.98 Å². The largest absolute Gasteiger partial charge is 0.488 e. The maximum absolute atomic E-state index is 13.6. The molecule has 0 spiro atoms. The number of imide groups is 2. The summed E-state index contributed by atoms with van der Waals surface area (Å²) in [7, 11) is 3.48. The van der Waals surface area contributed by atoms with Gasteiger partial charge >= 0.3 is 0 Å². The van der Waals surface area contributed by atoms with Crippen LogP contribution in [0.15, 0.2) is 53.5 Å². The number of rotatable bonds is 12. The van der Waals surface area contributed by atoms with Crippen molar-refractivity contribution < 1.29 is 38.2 Å². The van der Waals surface area contributed by atoms with Crippen molar-refractivity contribution >= 4 is 69.5 Å². The van der Waals surface area contributed by atoms with E-state index in [1.165, 1.54) is 7.05 Å². The Balaban J connectivity index is 0.892. The maximum Gasteiger partial charge on any atom is 0.293 e. The number of nitrogens with one attached hydrogen (secondary N) is 3. The highest BCUT2D eigenvalue weighted by Crippen LogP contribution is 2.36. The SMILES string of the molecule is CNC(=O)COc1cc2cc(Nc3nc(N4CCC(O[C@@H]5C[C@@H](Oc6cccc7c6C(=O)N(C6CCC(=O)NC6=O)C7=O)CN(C)C5)CC4)ncc3Cl)ccc2n(C(C)C)c1=O. The number of benzene rings is 2. The second-order valence-corrected chi connectivity index (χ2v) is 16.7. The molecule has 8 rings (SSSR count). The third kappa shape index (κ3) is 8.67. The average Bonchev–Trinajstić information content (AvgIpc) is 3.49. The number of anilines is 3. The molecule has 4 aromatic rings. The summed E-state index contributed by atoms with van der Waals surface area (Å²) < 4.78 is 20.3. The highest BCUT2D eigenvalue weighted by Gasteiger charge is 2.46. The molecular weight excluding hydrogens is 822 g/mol. The Hall–Kier alpha value is -6.11. The molecule has 3 N–H and O–H groups in total. The highest BCUT2D eigenvalue weighted by molar-refractivity contribution is 6.33. The molecule has 4 aliphatic rings. The van der Waals surface area contributed by atoms with Crippen molar-refractivity contribution in [3.63, 3.8) is 0 Å². The van der Waals surface area contributed by atoms with Crippen molar-refractivity contribution in [1.82, 2.24) is 35.0 Å². The van der Waals surface area contributed by atoms with E-state index in [9.17, 15) is 28.8 Å². The van der Waals surface area contributed by atoms with E-state index in [1.54, 1.807) is 35.0 Å². The van der Waals surface area contributed by atoms with Crippen LogP contribution in [-0.2, 0) is 19.1 Å². The summed E-state index contributed by atoms with van der Waals surface area (Å²) in [4.78, 5) is 90.9. The van der Waals surface area contributed by atoms with E-state index in [4.69, 9.17) is 30.8 Å². The van der Waals surface area contributed by atoms with E-state index >= 15 is 0 Å². The number of halogens is 1. The topological polar surface area (TPSA) is 207 Å². The fraction of sp³-hybridized carbons (Fsp3) is 0.442. The Bertz CT molecular complexity index is 2510. The number of piperidine rings is 3. The normalized spacial score (nSPS) is 21.0. The Morgan fingerprint density at radius 2 is 1.74 bits per heavy atom. The van der Waals surface area contributed by atoms with Crippen LogP contribution >= 0.6 is 11.6 Å². The van der Waals surface area contributed by atoms with Crippen LogP contribution in [0.2, 0.25) is 5.02 Å². The Morgan fingerprint density at radius 3 is 2.48 bits per heavy atom. The lowest BCUT2D eigenvalue weighted by Gasteiger charge is -2.39. The number of hydrogen-bond donors (Lipinski definition) is 3. The number of likely N-dealkylation sites (tertiary alicyclic amines) is 1. The van der Waals surface area contributed by atoms with Gasteiger partial charge in [0.1, 0.15) is 22.9 Å². The van der Waals surface area contributed by atoms with Crippen LogP contribution in [0, 0.1) is 0 Å². The van der Waals surface area contributed by atoms with Gasteiger partial charge in [-0.3, -0.25) is 39.0 Å². The van der Waals surface area contributed by atoms with Crippen LogP contribution in [-0.4, -0.2) is 125 Å². The van der Waals surface area contributed by atoms with Crippen molar-refractivity contribution in [2.75, 3.05) is 57.1 Å². The van der Waals surface area contributed by atoms with Crippen LogP contribution in [0.3, 0.4) is 0 Å². The van der Waals surface area contributed by atoms with E-state index in [0.29, 0.717) is 60.6 Å². The van der Waals surface area contributed by atoms with E-state index in [-0.39, 0.29) is 77.9 Å². The maximum atomic E-state index is 13.6. The number of likely N-dealkylation sites (N-methyl/N-ethyl adjacent to an activating group) is 2. The zero-order chi connectivity index (χ0) is 43.8. The molecule has 0 saturated carbocycles. The Kier molecular flexibility index (Phi) is 12.2. The van der Waals surface area contributed by atoms with Crippen molar-refractivity contribution in [3.8, 4) is 11.5 Å². The number of ether oxygens (including phenoxy) is 3. The highest BCUT2D eigenvalue weighted by atomic mass is 35.5. The molecule has 0 aliphatic carbocycles. The summed E-state index contributed by atoms with van der Waals surface area (Å²) in [5, 5.41) is 9.07. The molecule has 18 nitrogen and oxygen atoms in total. The monoisotopic (exact) mass is 869 g/mol. The average molecular weight is 870 g/mol. The quantitative estimate of drug-likeness (QED) is 0.175. The zero-order valence-corrected chi connectivity index (χ0v) is 35.6. The molecule has 3 atom stereocenters. The summed E-state index contributed by atoms with van der Waals surface area (Å²) >= 11 is 6.59. The smallest absolute Gasteiger partial charge is 0.293 e. The molecule has 5 amide bonds. The van der Waals surface area contributed by atoms with Gasteiger partial charge in [0.25, 0.3) is 23.3 Å². The molecule has 19 heteroatoms. The summed E-state index contributed by atoms with van der Waals surface area (Å²) in [6.45, 7) is 6.09. The molecule has 1 unspecified atom stereocenters. The van der Waals surface area contributed by atoms with Gasteiger partial charge in [0.2, 0.25) is 17.8 Å². The van der Waals surface area contributed by atoms with Crippen LogP contribution in [0.4, 0.5) is 17.5 Å². The van der Waals surface area contributed by atoms with Crippen LogP contribution < -0.4 is 35.9 Å². The van der Waals surface area contributed by atoms with Crippen molar-refractivity contribution in [2.45, 2.75) is 76.3 Å². The first kappa shape index (κ1) is 42.6. The minimum atomic E-state index is -1.06. The van der Waals surface area contributed by atoms with E-state index in [0.717, 1.165) is 23.1 Å². The third-order valence-electron chi connectivity index (χ3n) is 11.5. The van der Waals surface area contributed by atoms with Crippen molar-refractivity contribution in [3.05, 3.63) is 75.2 Å². The minimum absolute atomic E-state index is 0.0263. The molecule has 62 heavy (non-hydrogen) atoms. The molecule has 2 aromatic carbocycles. The number of hydrogen-bond acceptors (Lipinski definition) is 14. The zero-order valence-electron chi connectivity index (χ0n) is 34.8. The summed E-state index contributed by atoms with van der Waals surface area (Å²) in [5.74, 6) is -1.37. The number of carbonyl (C=O) groups is 5. The van der Waals surface area contributed by atoms with Crippen molar-refractivity contribution in [1.29, 1.82) is 0 Å². The fourth-order valence-electron chi connectivity index (χ4n) is 8.59. The number of pyridine rings is 1. The lowest BCUT2D eigenvalue weighted by atomic mass is 10.0. The van der Waals surface area contributed by atoms with Gasteiger partial charge in [0, 0.05) is 63.2 Å². The second kappa shape index (κ2) is 17.7. The van der Waals surface area contributed by atoms with Gasteiger partial charge in [-0.1, -0.05) is 17.7 Å². The molecule has 3 fully saturated rings. The molecule has 2 aromatic heterocycles. The first-order chi connectivity index (χ1) is 29.8. The first-order valence-corrected chi connectivity index (χ1v) is 21.1. The summed E-state index contributed by atoms with van der Waals surface area (Å²) in [6, 6.07) is 10.8. The molecule has 0 bridgehead atoms. The van der Waals surface area contributed by atoms with Gasteiger partial charge in [-0.15, -0.1) is 0 Å². The van der Waals surface area contributed by atoms with Crippen LogP contribution in [0.5, 0.6) is 11.5 Å². The number of amides is 5. The van der Waals surface area contributed by atoms with Crippen LogP contribution in [0.25, 0.3) is 10.9 Å². The van der Waals surface area contributed by atoms with E-state index < -0.39 is 29.7 Å². The molecule has 6 heterocycles. The van der Waals surface area contributed by atoms with Gasteiger partial charge in [0.05, 0.1) is 35.0 Å². The van der Waals surface area contributed by atoms with Gasteiger partial charge < -0.3 is 39.2 Å². The standard InChI is InChI=1S/C43H48ClN9O9/c1-23(2)52-31-9-8-25(16-24(31)17-34(41(52)58)60-22-36(55)45-3)47-38-30(44)19-46-43(49-38)51-14-12-26(13-15-51)61-27-18-28(21-50(4)20-27)62-33-7-5-6-29-37(33)42(59)53(40(29)57)32-10-11-35(54)48-39(32)56/h5-9,16-17,19,23,26-28,32H,10-15,18,20-22H2,1-4H3,(H,45,55)(H,46,47,49)(H,48,54,56)/t27-,28-,32?/m1/s1. The third-order valence-corrected chi connectivity index (χ3v) is 11.8. The minimum Gasteiger partial charge on any atom is -0.488 e. The van der Waals surface area contributed by atoms with Crippen molar-refractivity contribution in [2.24, 2.45) is 0 Å². The van der Waals surface area contributed by atoms with Gasteiger partial charge in [-0.05, 0) is 76.6 Å². The Labute approximate surface area is 361 Å². The fourth-order valence-corrected chi connectivity index (χ4v) is 8.72. The molecule has 3 saturated heterocycles. The van der Waals surface area contributed by atoms with Gasteiger partial charge in [0.15, 0.2) is 18.2 Å². The second-order valence-electron chi connectivity index (χ2n) is 16.3. The Morgan fingerprint density at radius 1 is 0.968 bits per heavy atom. The number of nitrogens with zero attached hydrogens (tertiary/aromatic N) is 6. The lowest BCUT2D eigenvalue weighted by molar-refractivity contribution is -0.136. The van der Waals surface area contributed by atoms with E-state index in [1.807, 2.05) is 39.1 Å². The summed E-state index contributed by atoms with van der Waals surface area (Å²) in [6.07, 6.45) is 3.18. The number of fused-ring (bicyclic) bond motifs is 2. The number of aromatic nitrogens is 3. The lowest BCUT2D eigenvalue weighted by Crippen LogP contribution is -2.54. The molecule has 0 radical (unpaired) electrons.